The minimum atomic E-state index is -0.381. The highest BCUT2D eigenvalue weighted by Crippen LogP contribution is 2.25. The van der Waals surface area contributed by atoms with E-state index in [1.165, 1.54) is 34.4 Å². The predicted molar refractivity (Wildman–Crippen MR) is 98.2 cm³/mol. The number of aromatic nitrogens is 2. The van der Waals surface area contributed by atoms with Crippen LogP contribution < -0.4 is 10.9 Å². The molecule has 3 rings (SSSR count). The second kappa shape index (κ2) is 6.67. The van der Waals surface area contributed by atoms with Crippen molar-refractivity contribution in [3.8, 4) is 6.07 Å². The number of amides is 1. The quantitative estimate of drug-likeness (QED) is 0.764. The summed E-state index contributed by atoms with van der Waals surface area (Å²) < 4.78 is 1.28. The number of benzene rings is 1. The number of fused-ring (bicyclic) bond motifs is 1. The first-order valence-electron chi connectivity index (χ1n) is 7.35. The number of hydrogen-bond acceptors (Lipinski definition) is 5. The summed E-state index contributed by atoms with van der Waals surface area (Å²) in [5.41, 5.74) is 1.44. The Kier molecular flexibility index (Phi) is 4.57. The summed E-state index contributed by atoms with van der Waals surface area (Å²) in [5, 5.41) is 12.3. The molecule has 0 unspecified atom stereocenters. The molecule has 126 valence electrons. The summed E-state index contributed by atoms with van der Waals surface area (Å²) in [5.74, 6) is -0.381. The summed E-state index contributed by atoms with van der Waals surface area (Å²) in [6.45, 7) is 3.65. The van der Waals surface area contributed by atoms with Gasteiger partial charge in [0.25, 0.3) is 5.56 Å². The van der Waals surface area contributed by atoms with Crippen molar-refractivity contribution in [2.45, 2.75) is 20.4 Å². The third-order valence-electron chi connectivity index (χ3n) is 3.84. The van der Waals surface area contributed by atoms with E-state index in [9.17, 15) is 9.59 Å². The van der Waals surface area contributed by atoms with Crippen LogP contribution in [0.3, 0.4) is 0 Å². The van der Waals surface area contributed by atoms with E-state index in [0.717, 1.165) is 10.4 Å². The maximum atomic E-state index is 12.6. The highest BCUT2D eigenvalue weighted by Gasteiger charge is 2.14. The van der Waals surface area contributed by atoms with Crippen molar-refractivity contribution in [2.24, 2.45) is 0 Å². The summed E-state index contributed by atoms with van der Waals surface area (Å²) >= 11 is 7.41. The zero-order valence-electron chi connectivity index (χ0n) is 13.5. The van der Waals surface area contributed by atoms with E-state index in [1.54, 1.807) is 6.07 Å². The molecule has 1 N–H and O–H groups in total. The van der Waals surface area contributed by atoms with Gasteiger partial charge in [0.15, 0.2) is 0 Å². The number of rotatable bonds is 3. The van der Waals surface area contributed by atoms with Crippen molar-refractivity contribution < 1.29 is 4.79 Å². The summed E-state index contributed by atoms with van der Waals surface area (Å²) in [6, 6.07) is 6.55. The van der Waals surface area contributed by atoms with Crippen LogP contribution in [0, 0.1) is 25.2 Å². The van der Waals surface area contributed by atoms with E-state index in [0.29, 0.717) is 21.5 Å². The molecular formula is C17H13ClN4O2S. The van der Waals surface area contributed by atoms with Crippen molar-refractivity contribution in [3.05, 3.63) is 55.9 Å². The second-order valence-electron chi connectivity index (χ2n) is 5.50. The van der Waals surface area contributed by atoms with Crippen LogP contribution in [0.4, 0.5) is 5.69 Å². The van der Waals surface area contributed by atoms with Crippen molar-refractivity contribution in [3.63, 3.8) is 0 Å². The lowest BCUT2D eigenvalue weighted by Gasteiger charge is -2.08. The average Bonchev–Trinajstić information content (AvgIpc) is 2.85. The van der Waals surface area contributed by atoms with Gasteiger partial charge in [-0.2, -0.15) is 5.26 Å². The van der Waals surface area contributed by atoms with E-state index in [-0.39, 0.29) is 23.0 Å². The molecule has 0 spiro atoms. The van der Waals surface area contributed by atoms with Gasteiger partial charge in [0.2, 0.25) is 5.91 Å². The van der Waals surface area contributed by atoms with Crippen LogP contribution in [0.25, 0.3) is 10.2 Å². The van der Waals surface area contributed by atoms with Gasteiger partial charge in [-0.15, -0.1) is 11.3 Å². The largest absolute Gasteiger partial charge is 0.324 e. The fourth-order valence-corrected chi connectivity index (χ4v) is 3.63. The highest BCUT2D eigenvalue weighted by atomic mass is 35.5. The first-order valence-corrected chi connectivity index (χ1v) is 8.54. The Labute approximate surface area is 152 Å². The van der Waals surface area contributed by atoms with E-state index < -0.39 is 0 Å². The van der Waals surface area contributed by atoms with Crippen LogP contribution in [-0.2, 0) is 11.3 Å². The number of nitriles is 1. The normalized spacial score (nSPS) is 10.6. The number of thiophene rings is 1. The van der Waals surface area contributed by atoms with Crippen LogP contribution in [0.15, 0.2) is 29.3 Å². The molecule has 0 radical (unpaired) electrons. The summed E-state index contributed by atoms with van der Waals surface area (Å²) in [4.78, 5) is 30.8. The maximum absolute atomic E-state index is 12.6. The fraction of sp³-hybridized carbons (Fsp3) is 0.176. The van der Waals surface area contributed by atoms with Gasteiger partial charge in [-0.1, -0.05) is 11.6 Å². The van der Waals surface area contributed by atoms with Crippen LogP contribution in [0.1, 0.15) is 16.0 Å². The molecule has 3 aromatic rings. The number of nitrogens with zero attached hydrogens (tertiary/aromatic N) is 3. The number of anilines is 1. The number of nitrogens with one attached hydrogen (secondary N) is 1. The maximum Gasteiger partial charge on any atom is 0.262 e. The molecule has 1 aromatic carbocycles. The third kappa shape index (κ3) is 3.27. The summed E-state index contributed by atoms with van der Waals surface area (Å²) in [7, 11) is 0. The molecule has 8 heteroatoms. The van der Waals surface area contributed by atoms with E-state index in [2.05, 4.69) is 10.3 Å². The highest BCUT2D eigenvalue weighted by molar-refractivity contribution is 7.18. The zero-order valence-corrected chi connectivity index (χ0v) is 15.0. The predicted octanol–water partition coefficient (Wildman–Crippen LogP) is 3.24. The first kappa shape index (κ1) is 17.1. The van der Waals surface area contributed by atoms with Crippen molar-refractivity contribution in [2.75, 3.05) is 5.32 Å². The van der Waals surface area contributed by atoms with Crippen molar-refractivity contribution in [1.29, 1.82) is 5.26 Å². The topological polar surface area (TPSA) is 87.8 Å². The standard InChI is InChI=1S/C17H13ClN4O2S/c1-9-10(2)25-16-15(9)17(24)22(8-20-16)7-14(23)21-12-4-3-11(6-19)13(18)5-12/h3-5,8H,7H2,1-2H3,(H,21,23). The van der Waals surface area contributed by atoms with E-state index in [4.69, 9.17) is 16.9 Å². The van der Waals surface area contributed by atoms with Crippen LogP contribution in [-0.4, -0.2) is 15.5 Å². The second-order valence-corrected chi connectivity index (χ2v) is 7.11. The summed E-state index contributed by atoms with van der Waals surface area (Å²) in [6.07, 6.45) is 1.38. The smallest absolute Gasteiger partial charge is 0.262 e. The van der Waals surface area contributed by atoms with Crippen LogP contribution in [0.5, 0.6) is 0 Å². The molecule has 0 atom stereocenters. The molecule has 0 aliphatic heterocycles. The van der Waals surface area contributed by atoms with Gasteiger partial charge in [0.1, 0.15) is 17.4 Å². The number of halogens is 1. The Balaban J connectivity index is 1.84. The molecule has 0 saturated carbocycles. The van der Waals surface area contributed by atoms with Gasteiger partial charge >= 0.3 is 0 Å². The Morgan fingerprint density at radius 3 is 2.88 bits per heavy atom. The molecule has 0 aliphatic rings. The Morgan fingerprint density at radius 2 is 2.20 bits per heavy atom. The number of carbonyl (C=O) groups is 1. The lowest BCUT2D eigenvalue weighted by atomic mass is 10.2. The number of hydrogen-bond donors (Lipinski definition) is 1. The van der Waals surface area contributed by atoms with Crippen LogP contribution in [0.2, 0.25) is 5.02 Å². The monoisotopic (exact) mass is 372 g/mol. The average molecular weight is 373 g/mol. The van der Waals surface area contributed by atoms with Gasteiger partial charge in [0, 0.05) is 10.6 Å². The van der Waals surface area contributed by atoms with Crippen molar-refractivity contribution >= 4 is 44.7 Å². The molecule has 0 fully saturated rings. The molecule has 2 heterocycles. The van der Waals surface area contributed by atoms with Gasteiger partial charge in [-0.05, 0) is 37.6 Å². The minimum Gasteiger partial charge on any atom is -0.324 e. The molecule has 0 aliphatic carbocycles. The molecule has 1 amide bonds. The number of aryl methyl sites for hydroxylation is 2. The van der Waals surface area contributed by atoms with Gasteiger partial charge in [0.05, 0.1) is 22.3 Å². The van der Waals surface area contributed by atoms with Gasteiger partial charge < -0.3 is 5.32 Å². The number of carbonyl (C=O) groups excluding carboxylic acids is 1. The lowest BCUT2D eigenvalue weighted by Crippen LogP contribution is -2.27. The van der Waals surface area contributed by atoms with Gasteiger partial charge in [-0.25, -0.2) is 4.98 Å². The van der Waals surface area contributed by atoms with Crippen molar-refractivity contribution in [1.82, 2.24) is 9.55 Å². The molecule has 6 nitrogen and oxygen atoms in total. The Morgan fingerprint density at radius 1 is 1.44 bits per heavy atom. The first-order chi connectivity index (χ1) is 11.9. The fourth-order valence-electron chi connectivity index (χ4n) is 2.42. The van der Waals surface area contributed by atoms with Crippen LogP contribution >= 0.6 is 22.9 Å². The minimum absolute atomic E-state index is 0.159. The lowest BCUT2D eigenvalue weighted by molar-refractivity contribution is -0.116. The Hall–Kier alpha value is -2.69. The third-order valence-corrected chi connectivity index (χ3v) is 5.27. The molecule has 2 aromatic heterocycles. The van der Waals surface area contributed by atoms with E-state index in [1.807, 2.05) is 19.9 Å². The molecule has 0 saturated heterocycles. The molecular weight excluding hydrogens is 360 g/mol. The van der Waals surface area contributed by atoms with E-state index >= 15 is 0 Å². The molecule has 25 heavy (non-hydrogen) atoms. The Bertz CT molecular complexity index is 1090. The van der Waals surface area contributed by atoms with Gasteiger partial charge in [-0.3, -0.25) is 14.2 Å². The SMILES string of the molecule is Cc1sc2ncn(CC(=O)Nc3ccc(C#N)c(Cl)c3)c(=O)c2c1C. The molecule has 0 bridgehead atoms. The zero-order chi connectivity index (χ0) is 18.1.